The molecule has 0 N–H and O–H groups in total. The molecule has 0 amide bonds. The number of ether oxygens (including phenoxy) is 1. The van der Waals surface area contributed by atoms with E-state index in [1.165, 1.54) is 6.92 Å². The predicted molar refractivity (Wildman–Crippen MR) is 59.9 cm³/mol. The second-order valence-corrected chi connectivity index (χ2v) is 4.71. The Bertz CT molecular complexity index is 406. The van der Waals surface area contributed by atoms with E-state index in [-0.39, 0.29) is 12.4 Å². The summed E-state index contributed by atoms with van der Waals surface area (Å²) in [5, 5.41) is -3.97. The van der Waals surface area contributed by atoms with Gasteiger partial charge >= 0.3 is 11.2 Å². The van der Waals surface area contributed by atoms with Gasteiger partial charge < -0.3 is 4.74 Å². The molecule has 1 unspecified atom stereocenters. The van der Waals surface area contributed by atoms with Crippen molar-refractivity contribution in [3.05, 3.63) is 35.9 Å². The standard InChI is InChI=1S/C11H12F2O3S/c1-2-16-10(14)11(12,13)17(15)8-9-6-4-3-5-7-9/h3-7H,2,8H2,1H3. The summed E-state index contributed by atoms with van der Waals surface area (Å²) in [6.07, 6.45) is 0. The molecule has 17 heavy (non-hydrogen) atoms. The summed E-state index contributed by atoms with van der Waals surface area (Å²) < 4.78 is 42.2. The molecule has 1 aromatic rings. The van der Waals surface area contributed by atoms with Crippen LogP contribution in [0.1, 0.15) is 12.5 Å². The van der Waals surface area contributed by atoms with Gasteiger partial charge in [-0.3, -0.25) is 4.21 Å². The average Bonchev–Trinajstić information content (AvgIpc) is 2.30. The van der Waals surface area contributed by atoms with Crippen molar-refractivity contribution in [2.45, 2.75) is 17.9 Å². The minimum atomic E-state index is -3.97. The third kappa shape index (κ3) is 3.59. The van der Waals surface area contributed by atoms with Crippen LogP contribution in [0.3, 0.4) is 0 Å². The first-order chi connectivity index (χ1) is 7.98. The van der Waals surface area contributed by atoms with Gasteiger partial charge in [0.05, 0.1) is 12.4 Å². The number of alkyl halides is 2. The number of hydrogen-bond donors (Lipinski definition) is 0. The largest absolute Gasteiger partial charge is 0.461 e. The number of rotatable bonds is 5. The highest BCUT2D eigenvalue weighted by Crippen LogP contribution is 2.23. The predicted octanol–water partition coefficient (Wildman–Crippen LogP) is 2.09. The summed E-state index contributed by atoms with van der Waals surface area (Å²) in [6.45, 7) is 1.24. The van der Waals surface area contributed by atoms with E-state index in [4.69, 9.17) is 0 Å². The second kappa shape index (κ2) is 5.86. The molecule has 0 aromatic heterocycles. The maximum Gasteiger partial charge on any atom is 0.416 e. The Morgan fingerprint density at radius 3 is 2.47 bits per heavy atom. The summed E-state index contributed by atoms with van der Waals surface area (Å²) in [5.74, 6) is -2.12. The van der Waals surface area contributed by atoms with Gasteiger partial charge in [0, 0.05) is 0 Å². The van der Waals surface area contributed by atoms with Crippen LogP contribution in [0.2, 0.25) is 0 Å². The molecular weight excluding hydrogens is 250 g/mol. The van der Waals surface area contributed by atoms with Crippen molar-refractivity contribution in [1.82, 2.24) is 0 Å². The lowest BCUT2D eigenvalue weighted by Gasteiger charge is -2.13. The van der Waals surface area contributed by atoms with E-state index in [0.29, 0.717) is 5.56 Å². The zero-order valence-electron chi connectivity index (χ0n) is 9.19. The van der Waals surface area contributed by atoms with Crippen LogP contribution >= 0.6 is 0 Å². The molecule has 0 heterocycles. The quantitative estimate of drug-likeness (QED) is 0.763. The second-order valence-electron chi connectivity index (χ2n) is 3.21. The third-order valence-electron chi connectivity index (χ3n) is 1.94. The van der Waals surface area contributed by atoms with Crippen LogP contribution in [-0.2, 0) is 26.1 Å². The first-order valence-corrected chi connectivity index (χ1v) is 6.27. The Morgan fingerprint density at radius 2 is 1.94 bits per heavy atom. The number of carbonyl (C=O) groups excluding carboxylic acids is 1. The van der Waals surface area contributed by atoms with Gasteiger partial charge in [0.25, 0.3) is 0 Å². The summed E-state index contributed by atoms with van der Waals surface area (Å²) in [4.78, 5) is 10.9. The molecule has 94 valence electrons. The molecule has 0 aliphatic heterocycles. The van der Waals surface area contributed by atoms with Gasteiger partial charge in [-0.05, 0) is 12.5 Å². The zero-order chi connectivity index (χ0) is 12.9. The number of esters is 1. The maximum atomic E-state index is 13.3. The van der Waals surface area contributed by atoms with Crippen molar-refractivity contribution >= 4 is 16.8 Å². The van der Waals surface area contributed by atoms with Crippen LogP contribution in [0.4, 0.5) is 8.78 Å². The van der Waals surface area contributed by atoms with Crippen LogP contribution in [-0.4, -0.2) is 22.0 Å². The van der Waals surface area contributed by atoms with Gasteiger partial charge in [-0.25, -0.2) is 4.79 Å². The minimum Gasteiger partial charge on any atom is -0.461 e. The van der Waals surface area contributed by atoms with E-state index < -0.39 is 22.0 Å². The SMILES string of the molecule is CCOC(=O)C(F)(F)S(=O)Cc1ccccc1. The maximum absolute atomic E-state index is 13.3. The van der Waals surface area contributed by atoms with E-state index in [1.54, 1.807) is 30.3 Å². The summed E-state index contributed by atoms with van der Waals surface area (Å²) in [7, 11) is -2.62. The van der Waals surface area contributed by atoms with E-state index in [2.05, 4.69) is 4.74 Å². The normalized spacial score (nSPS) is 13.1. The van der Waals surface area contributed by atoms with Crippen LogP contribution in [0.15, 0.2) is 30.3 Å². The summed E-state index contributed by atoms with van der Waals surface area (Å²) >= 11 is 0. The fourth-order valence-electron chi connectivity index (χ4n) is 1.12. The van der Waals surface area contributed by atoms with E-state index in [0.717, 1.165) is 0 Å². The highest BCUT2D eigenvalue weighted by Gasteiger charge is 2.47. The van der Waals surface area contributed by atoms with Gasteiger partial charge in [-0.2, -0.15) is 8.78 Å². The van der Waals surface area contributed by atoms with E-state index >= 15 is 0 Å². The molecule has 3 nitrogen and oxygen atoms in total. The fourth-order valence-corrected chi connectivity index (χ4v) is 2.05. The van der Waals surface area contributed by atoms with Gasteiger partial charge in [-0.1, -0.05) is 30.3 Å². The third-order valence-corrected chi connectivity index (χ3v) is 3.27. The first-order valence-electron chi connectivity index (χ1n) is 4.96. The molecule has 0 bridgehead atoms. The van der Waals surface area contributed by atoms with Crippen molar-refractivity contribution in [2.75, 3.05) is 6.61 Å². The van der Waals surface area contributed by atoms with Crippen LogP contribution in [0.5, 0.6) is 0 Å². The van der Waals surface area contributed by atoms with Crippen molar-refractivity contribution in [2.24, 2.45) is 0 Å². The van der Waals surface area contributed by atoms with Crippen molar-refractivity contribution in [1.29, 1.82) is 0 Å². The molecule has 1 rings (SSSR count). The Morgan fingerprint density at radius 1 is 1.35 bits per heavy atom. The zero-order valence-corrected chi connectivity index (χ0v) is 10.0. The van der Waals surface area contributed by atoms with E-state index in [1.807, 2.05) is 0 Å². The fraction of sp³-hybridized carbons (Fsp3) is 0.364. The highest BCUT2D eigenvalue weighted by atomic mass is 32.2. The minimum absolute atomic E-state index is 0.170. The molecule has 0 fully saturated rings. The van der Waals surface area contributed by atoms with Crippen LogP contribution in [0.25, 0.3) is 0 Å². The number of halogens is 2. The number of hydrogen-bond acceptors (Lipinski definition) is 3. The van der Waals surface area contributed by atoms with Gasteiger partial charge in [0.1, 0.15) is 10.8 Å². The number of carbonyl (C=O) groups is 1. The molecule has 0 aliphatic rings. The molecule has 0 spiro atoms. The van der Waals surface area contributed by atoms with Crippen molar-refractivity contribution < 1.29 is 22.5 Å². The Labute approximate surface area is 100 Å². The highest BCUT2D eigenvalue weighted by molar-refractivity contribution is 7.86. The molecular formula is C11H12F2O3S. The van der Waals surface area contributed by atoms with Crippen LogP contribution < -0.4 is 0 Å². The lowest BCUT2D eigenvalue weighted by molar-refractivity contribution is -0.159. The molecule has 1 aromatic carbocycles. The monoisotopic (exact) mass is 262 g/mol. The molecule has 6 heteroatoms. The molecule has 0 aliphatic carbocycles. The summed E-state index contributed by atoms with van der Waals surface area (Å²) in [5.41, 5.74) is 0.481. The number of benzene rings is 1. The lowest BCUT2D eigenvalue weighted by atomic mass is 10.2. The lowest BCUT2D eigenvalue weighted by Crippen LogP contribution is -2.36. The van der Waals surface area contributed by atoms with E-state index in [9.17, 15) is 17.8 Å². The smallest absolute Gasteiger partial charge is 0.416 e. The van der Waals surface area contributed by atoms with Crippen molar-refractivity contribution in [3.63, 3.8) is 0 Å². The van der Waals surface area contributed by atoms with Crippen LogP contribution in [0, 0.1) is 0 Å². The summed E-state index contributed by atoms with van der Waals surface area (Å²) in [6, 6.07) is 8.15. The average molecular weight is 262 g/mol. The Kier molecular flexibility index (Phi) is 4.74. The van der Waals surface area contributed by atoms with Gasteiger partial charge in [-0.15, -0.1) is 0 Å². The molecule has 0 saturated carbocycles. The molecule has 0 radical (unpaired) electrons. The van der Waals surface area contributed by atoms with Gasteiger partial charge in [0.2, 0.25) is 0 Å². The first kappa shape index (κ1) is 13.8. The molecule has 0 saturated heterocycles. The van der Waals surface area contributed by atoms with Gasteiger partial charge in [0.15, 0.2) is 0 Å². The Hall–Kier alpha value is -1.30. The Balaban J connectivity index is 2.73. The topological polar surface area (TPSA) is 43.4 Å². The van der Waals surface area contributed by atoms with Crippen molar-refractivity contribution in [3.8, 4) is 0 Å². The molecule has 1 atom stereocenters.